The lowest BCUT2D eigenvalue weighted by atomic mass is 10.1. The minimum Gasteiger partial charge on any atom is -0.316 e. The van der Waals surface area contributed by atoms with Crippen LogP contribution in [0.15, 0.2) is 23.1 Å². The molecule has 2 rings (SSSR count). The second kappa shape index (κ2) is 4.89. The minimum atomic E-state index is -3.42. The topological polar surface area (TPSA) is 58.2 Å². The molecule has 1 aliphatic carbocycles. The van der Waals surface area contributed by atoms with E-state index in [1.54, 1.807) is 6.07 Å². The molecule has 1 fully saturated rings. The van der Waals surface area contributed by atoms with Gasteiger partial charge in [0.05, 0.1) is 4.90 Å². The third-order valence-electron chi connectivity index (χ3n) is 3.73. The van der Waals surface area contributed by atoms with Gasteiger partial charge in [-0.05, 0) is 43.0 Å². The average Bonchev–Trinajstić information content (AvgIpc) is 2.87. The van der Waals surface area contributed by atoms with Gasteiger partial charge in [-0.25, -0.2) is 13.1 Å². The molecule has 0 aromatic heterocycles. The van der Waals surface area contributed by atoms with Crippen LogP contribution in [0.4, 0.5) is 0 Å². The maximum atomic E-state index is 12.4. The summed E-state index contributed by atoms with van der Waals surface area (Å²) < 4.78 is 27.6. The lowest BCUT2D eigenvalue weighted by molar-refractivity contribution is 0.554. The monoisotopic (exact) mass is 282 g/mol. The van der Waals surface area contributed by atoms with Crippen molar-refractivity contribution >= 4 is 10.0 Å². The zero-order valence-corrected chi connectivity index (χ0v) is 12.8. The molecule has 4 nitrogen and oxygen atoms in total. The Morgan fingerprint density at radius 1 is 1.37 bits per heavy atom. The molecule has 0 saturated heterocycles. The summed E-state index contributed by atoms with van der Waals surface area (Å²) in [5.74, 6) is 0. The number of hydrogen-bond acceptors (Lipinski definition) is 3. The molecule has 1 atom stereocenters. The Balaban J connectivity index is 2.26. The summed E-state index contributed by atoms with van der Waals surface area (Å²) in [6, 6.07) is 5.62. The molecule has 106 valence electrons. The van der Waals surface area contributed by atoms with Crippen molar-refractivity contribution in [3.63, 3.8) is 0 Å². The summed E-state index contributed by atoms with van der Waals surface area (Å²) in [6.07, 6.45) is 0.904. The molecule has 1 saturated carbocycles. The largest absolute Gasteiger partial charge is 0.316 e. The number of hydrogen-bond donors (Lipinski definition) is 2. The van der Waals surface area contributed by atoms with Gasteiger partial charge in [-0.2, -0.15) is 0 Å². The fourth-order valence-corrected chi connectivity index (χ4v) is 3.87. The van der Waals surface area contributed by atoms with E-state index >= 15 is 0 Å². The predicted molar refractivity (Wildman–Crippen MR) is 76.5 cm³/mol. The van der Waals surface area contributed by atoms with Crippen molar-refractivity contribution in [2.75, 3.05) is 7.05 Å². The molecule has 1 aliphatic rings. The van der Waals surface area contributed by atoms with E-state index in [1.165, 1.54) is 0 Å². The van der Waals surface area contributed by atoms with Gasteiger partial charge in [0.1, 0.15) is 0 Å². The fourth-order valence-electron chi connectivity index (χ4n) is 2.17. The summed E-state index contributed by atoms with van der Waals surface area (Å²) in [6.45, 7) is 6.64. The molecular weight excluding hydrogens is 260 g/mol. The third kappa shape index (κ3) is 3.16. The highest BCUT2D eigenvalue weighted by Gasteiger charge is 2.48. The normalized spacial score (nSPS) is 21.4. The molecule has 1 aromatic carbocycles. The first-order chi connectivity index (χ1) is 8.76. The van der Waals surface area contributed by atoms with E-state index in [0.717, 1.165) is 17.5 Å². The molecule has 0 heterocycles. The van der Waals surface area contributed by atoms with Gasteiger partial charge < -0.3 is 5.32 Å². The van der Waals surface area contributed by atoms with Gasteiger partial charge in [-0.15, -0.1) is 0 Å². The molecule has 1 aromatic rings. The van der Waals surface area contributed by atoms with Gasteiger partial charge in [0.25, 0.3) is 0 Å². The van der Waals surface area contributed by atoms with Gasteiger partial charge >= 0.3 is 0 Å². The summed E-state index contributed by atoms with van der Waals surface area (Å²) in [7, 11) is -1.57. The molecule has 2 N–H and O–H groups in total. The smallest absolute Gasteiger partial charge is 0.241 e. The van der Waals surface area contributed by atoms with Crippen LogP contribution < -0.4 is 10.0 Å². The molecule has 0 spiro atoms. The summed E-state index contributed by atoms with van der Waals surface area (Å²) in [4.78, 5) is 0.392. The first-order valence-corrected chi connectivity index (χ1v) is 8.01. The Hall–Kier alpha value is -0.910. The first-order valence-electron chi connectivity index (χ1n) is 6.53. The van der Waals surface area contributed by atoms with Crippen LogP contribution in [0, 0.1) is 12.3 Å². The second-order valence-electron chi connectivity index (χ2n) is 6.00. The Morgan fingerprint density at radius 3 is 2.53 bits per heavy atom. The summed E-state index contributed by atoms with van der Waals surface area (Å²) >= 11 is 0. The van der Waals surface area contributed by atoms with Crippen LogP contribution in [0.5, 0.6) is 0 Å². The van der Waals surface area contributed by atoms with Crippen molar-refractivity contribution in [2.24, 2.45) is 5.41 Å². The SMILES string of the molecule is CNCc1ccc(C)c(S(=O)(=O)NC2CC2(C)C)c1. The lowest BCUT2D eigenvalue weighted by Gasteiger charge is -2.12. The van der Waals surface area contributed by atoms with E-state index in [4.69, 9.17) is 0 Å². The van der Waals surface area contributed by atoms with E-state index in [2.05, 4.69) is 23.9 Å². The molecular formula is C14H22N2O2S. The van der Waals surface area contributed by atoms with Crippen molar-refractivity contribution in [1.29, 1.82) is 0 Å². The minimum absolute atomic E-state index is 0.0601. The van der Waals surface area contributed by atoms with Crippen molar-refractivity contribution < 1.29 is 8.42 Å². The number of aryl methyl sites for hydroxylation is 1. The average molecular weight is 282 g/mol. The molecule has 5 heteroatoms. The quantitative estimate of drug-likeness (QED) is 0.865. The Kier molecular flexibility index (Phi) is 3.73. The van der Waals surface area contributed by atoms with E-state index in [1.807, 2.05) is 26.1 Å². The van der Waals surface area contributed by atoms with Gasteiger partial charge in [-0.1, -0.05) is 26.0 Å². The number of nitrogens with one attached hydrogen (secondary N) is 2. The molecule has 0 radical (unpaired) electrons. The van der Waals surface area contributed by atoms with Crippen molar-refractivity contribution in [3.05, 3.63) is 29.3 Å². The maximum absolute atomic E-state index is 12.4. The third-order valence-corrected chi connectivity index (χ3v) is 5.35. The Morgan fingerprint density at radius 2 is 2.00 bits per heavy atom. The van der Waals surface area contributed by atoms with E-state index in [0.29, 0.717) is 11.4 Å². The van der Waals surface area contributed by atoms with Gasteiger partial charge in [0, 0.05) is 12.6 Å². The zero-order valence-electron chi connectivity index (χ0n) is 11.9. The van der Waals surface area contributed by atoms with E-state index in [-0.39, 0.29) is 11.5 Å². The molecule has 0 aliphatic heterocycles. The van der Waals surface area contributed by atoms with Gasteiger partial charge in [-0.3, -0.25) is 0 Å². The van der Waals surface area contributed by atoms with E-state index < -0.39 is 10.0 Å². The Bertz CT molecular complexity index is 579. The number of benzene rings is 1. The van der Waals surface area contributed by atoms with Crippen LogP contribution in [0.2, 0.25) is 0 Å². The van der Waals surface area contributed by atoms with Crippen LogP contribution >= 0.6 is 0 Å². The molecule has 19 heavy (non-hydrogen) atoms. The lowest BCUT2D eigenvalue weighted by Crippen LogP contribution is -2.29. The van der Waals surface area contributed by atoms with Gasteiger partial charge in [0.15, 0.2) is 0 Å². The number of rotatable bonds is 5. The zero-order chi connectivity index (χ0) is 14.3. The fraction of sp³-hybridized carbons (Fsp3) is 0.571. The summed E-state index contributed by atoms with van der Waals surface area (Å²) in [5.41, 5.74) is 1.85. The maximum Gasteiger partial charge on any atom is 0.241 e. The highest BCUT2D eigenvalue weighted by Crippen LogP contribution is 2.45. The number of sulfonamides is 1. The summed E-state index contributed by atoms with van der Waals surface area (Å²) in [5, 5.41) is 3.03. The molecule has 0 bridgehead atoms. The van der Waals surface area contributed by atoms with Crippen LogP contribution in [-0.2, 0) is 16.6 Å². The molecule has 0 amide bonds. The highest BCUT2D eigenvalue weighted by molar-refractivity contribution is 7.89. The molecule has 1 unspecified atom stereocenters. The van der Waals surface area contributed by atoms with Gasteiger partial charge in [0.2, 0.25) is 10.0 Å². The van der Waals surface area contributed by atoms with Crippen LogP contribution in [-0.4, -0.2) is 21.5 Å². The predicted octanol–water partition coefficient (Wildman–Crippen LogP) is 1.79. The van der Waals surface area contributed by atoms with E-state index in [9.17, 15) is 8.42 Å². The highest BCUT2D eigenvalue weighted by atomic mass is 32.2. The Labute approximate surface area is 115 Å². The van der Waals surface area contributed by atoms with Crippen LogP contribution in [0.3, 0.4) is 0 Å². The van der Waals surface area contributed by atoms with Crippen molar-refractivity contribution in [2.45, 2.75) is 44.7 Å². The van der Waals surface area contributed by atoms with Crippen LogP contribution in [0.25, 0.3) is 0 Å². The van der Waals surface area contributed by atoms with Crippen LogP contribution in [0.1, 0.15) is 31.4 Å². The standard InChI is InChI=1S/C14H22N2O2S/c1-10-5-6-11(9-15-4)7-12(10)19(17,18)16-13-8-14(13,2)3/h5-7,13,15-16H,8-9H2,1-4H3. The van der Waals surface area contributed by atoms with Crippen molar-refractivity contribution in [1.82, 2.24) is 10.0 Å². The second-order valence-corrected chi connectivity index (χ2v) is 7.68. The first kappa shape index (κ1) is 14.5. The van der Waals surface area contributed by atoms with Crippen molar-refractivity contribution in [3.8, 4) is 0 Å².